The van der Waals surface area contributed by atoms with Gasteiger partial charge in [0.05, 0.1) is 5.69 Å². The lowest BCUT2D eigenvalue weighted by Crippen LogP contribution is -2.01. The van der Waals surface area contributed by atoms with Crippen LogP contribution >= 0.6 is 0 Å². The maximum absolute atomic E-state index is 4.89. The molecule has 0 saturated carbocycles. The molecule has 0 amide bonds. The van der Waals surface area contributed by atoms with Gasteiger partial charge in [0, 0.05) is 19.2 Å². The van der Waals surface area contributed by atoms with Gasteiger partial charge in [-0.2, -0.15) is 0 Å². The van der Waals surface area contributed by atoms with Crippen LogP contribution in [-0.2, 0) is 25.8 Å². The van der Waals surface area contributed by atoms with E-state index in [1.165, 1.54) is 94.1 Å². The highest BCUT2D eigenvalue weighted by Crippen LogP contribution is 2.14. The molecule has 162 valence electrons. The number of hydrogen-bond donors (Lipinski definition) is 0. The van der Waals surface area contributed by atoms with Gasteiger partial charge in [-0.05, 0) is 31.2 Å². The monoisotopic (exact) mass is 396 g/mol. The van der Waals surface area contributed by atoms with Crippen LogP contribution in [0.3, 0.4) is 0 Å². The fourth-order valence-electron chi connectivity index (χ4n) is 4.17. The van der Waals surface area contributed by atoms with E-state index in [1.54, 1.807) is 0 Å². The summed E-state index contributed by atoms with van der Waals surface area (Å²) < 4.78 is 2.42. The molecule has 0 aliphatic carbocycles. The molecule has 0 radical (unpaired) electrons. The molecule has 0 aliphatic heterocycles. The van der Waals surface area contributed by atoms with Crippen LogP contribution in [0.5, 0.6) is 0 Å². The van der Waals surface area contributed by atoms with Crippen LogP contribution in [-0.4, -0.2) is 9.55 Å². The van der Waals surface area contributed by atoms with Gasteiger partial charge in [0.15, 0.2) is 0 Å². The summed E-state index contributed by atoms with van der Waals surface area (Å²) in [5.74, 6) is 1.27. The van der Waals surface area contributed by atoms with Crippen molar-refractivity contribution in [3.8, 4) is 0 Å². The van der Waals surface area contributed by atoms with Gasteiger partial charge in [-0.25, -0.2) is 4.98 Å². The zero-order valence-electron chi connectivity index (χ0n) is 19.2. The summed E-state index contributed by atoms with van der Waals surface area (Å²) in [4.78, 5) is 4.89. The lowest BCUT2D eigenvalue weighted by atomic mass is 10.1. The van der Waals surface area contributed by atoms with Gasteiger partial charge in [-0.1, -0.05) is 108 Å². The second-order valence-corrected chi connectivity index (χ2v) is 8.57. The van der Waals surface area contributed by atoms with E-state index in [4.69, 9.17) is 4.98 Å². The van der Waals surface area contributed by atoms with Gasteiger partial charge in [0.25, 0.3) is 0 Å². The Labute approximate surface area is 180 Å². The molecule has 0 fully saturated rings. The Morgan fingerprint density at radius 1 is 0.690 bits per heavy atom. The van der Waals surface area contributed by atoms with Gasteiger partial charge in [0.1, 0.15) is 5.82 Å². The Morgan fingerprint density at radius 2 is 1.31 bits per heavy atom. The molecule has 2 heteroatoms. The molecule has 0 aliphatic rings. The van der Waals surface area contributed by atoms with E-state index in [2.05, 4.69) is 54.9 Å². The first kappa shape index (κ1) is 23.7. The maximum Gasteiger partial charge on any atom is 0.108 e. The molecule has 1 heterocycles. The third-order valence-electron chi connectivity index (χ3n) is 5.97. The number of benzene rings is 1. The quantitative estimate of drug-likeness (QED) is 0.248. The number of unbranched alkanes of at least 4 members (excludes halogenated alkanes) is 10. The van der Waals surface area contributed by atoms with Crippen LogP contribution in [0.1, 0.15) is 108 Å². The van der Waals surface area contributed by atoms with Gasteiger partial charge < -0.3 is 4.57 Å². The fraction of sp³-hybridized carbons (Fsp3) is 0.667. The summed E-state index contributed by atoms with van der Waals surface area (Å²) in [6.45, 7) is 5.67. The molecule has 1 aromatic heterocycles. The van der Waals surface area contributed by atoms with E-state index in [0.29, 0.717) is 0 Å². The van der Waals surface area contributed by atoms with Crippen molar-refractivity contribution < 1.29 is 0 Å². The predicted molar refractivity (Wildman–Crippen MR) is 127 cm³/mol. The van der Waals surface area contributed by atoms with Crippen LogP contribution in [0.4, 0.5) is 0 Å². The molecule has 0 atom stereocenters. The van der Waals surface area contributed by atoms with E-state index in [1.807, 2.05) is 0 Å². The van der Waals surface area contributed by atoms with Crippen LogP contribution in [0.25, 0.3) is 0 Å². The Bertz CT molecular complexity index is 629. The molecule has 0 spiro atoms. The summed E-state index contributed by atoms with van der Waals surface area (Å²) in [6, 6.07) is 10.8. The van der Waals surface area contributed by atoms with Gasteiger partial charge in [0.2, 0.25) is 0 Å². The largest absolute Gasteiger partial charge is 0.335 e. The van der Waals surface area contributed by atoms with Crippen molar-refractivity contribution in [1.82, 2.24) is 9.55 Å². The average Bonchev–Trinajstić information content (AvgIpc) is 3.15. The van der Waals surface area contributed by atoms with Crippen LogP contribution in [0.15, 0.2) is 36.5 Å². The molecule has 29 heavy (non-hydrogen) atoms. The normalized spacial score (nSPS) is 11.2. The van der Waals surface area contributed by atoms with E-state index in [9.17, 15) is 0 Å². The zero-order valence-corrected chi connectivity index (χ0v) is 19.2. The van der Waals surface area contributed by atoms with Crippen LogP contribution in [0, 0.1) is 0 Å². The van der Waals surface area contributed by atoms with Crippen molar-refractivity contribution in [2.75, 3.05) is 0 Å². The highest BCUT2D eigenvalue weighted by molar-refractivity contribution is 5.15. The van der Waals surface area contributed by atoms with Gasteiger partial charge in [-0.3, -0.25) is 0 Å². The first-order chi connectivity index (χ1) is 14.3. The first-order valence-electron chi connectivity index (χ1n) is 12.4. The third-order valence-corrected chi connectivity index (χ3v) is 5.97. The summed E-state index contributed by atoms with van der Waals surface area (Å²) in [5, 5.41) is 0. The minimum Gasteiger partial charge on any atom is -0.335 e. The number of aryl methyl sites for hydroxylation is 4. The Hall–Kier alpha value is -1.57. The maximum atomic E-state index is 4.89. The fourth-order valence-corrected chi connectivity index (χ4v) is 4.17. The molecule has 0 saturated heterocycles. The second-order valence-electron chi connectivity index (χ2n) is 8.57. The molecule has 1 aromatic carbocycles. The molecule has 0 unspecified atom stereocenters. The molecule has 0 bridgehead atoms. The molecule has 2 rings (SSSR count). The Morgan fingerprint density at radius 3 is 1.93 bits per heavy atom. The molecule has 2 aromatic rings. The highest BCUT2D eigenvalue weighted by atomic mass is 15.1. The smallest absolute Gasteiger partial charge is 0.108 e. The van der Waals surface area contributed by atoms with E-state index in [-0.39, 0.29) is 0 Å². The number of nitrogens with zero attached hydrogens (tertiary/aromatic N) is 2. The van der Waals surface area contributed by atoms with Crippen molar-refractivity contribution in [3.63, 3.8) is 0 Å². The number of rotatable bonds is 17. The van der Waals surface area contributed by atoms with Crippen molar-refractivity contribution in [2.45, 2.75) is 117 Å². The van der Waals surface area contributed by atoms with Crippen molar-refractivity contribution in [3.05, 3.63) is 53.6 Å². The van der Waals surface area contributed by atoms with Crippen molar-refractivity contribution in [2.24, 2.45) is 0 Å². The molecular formula is C27H44N2. The van der Waals surface area contributed by atoms with Crippen LogP contribution < -0.4 is 0 Å². The van der Waals surface area contributed by atoms with E-state index >= 15 is 0 Å². The minimum absolute atomic E-state index is 1.04. The van der Waals surface area contributed by atoms with Crippen molar-refractivity contribution >= 4 is 0 Å². The van der Waals surface area contributed by atoms with Gasteiger partial charge >= 0.3 is 0 Å². The summed E-state index contributed by atoms with van der Waals surface area (Å²) >= 11 is 0. The molecular weight excluding hydrogens is 352 g/mol. The summed E-state index contributed by atoms with van der Waals surface area (Å²) in [5.41, 5.74) is 2.71. The number of imidazole rings is 1. The van der Waals surface area contributed by atoms with Gasteiger partial charge in [-0.15, -0.1) is 0 Å². The van der Waals surface area contributed by atoms with Crippen LogP contribution in [0.2, 0.25) is 0 Å². The predicted octanol–water partition coefficient (Wildman–Crippen LogP) is 7.93. The lowest BCUT2D eigenvalue weighted by Gasteiger charge is -2.06. The SMILES string of the molecule is CCCCCCCCCCCCCn1cc(CCCc2ccccc2)nc1CC. The average molecular weight is 397 g/mol. The molecule has 2 nitrogen and oxygen atoms in total. The Balaban J connectivity index is 1.56. The summed E-state index contributed by atoms with van der Waals surface area (Å²) in [6.07, 6.45) is 22.2. The van der Waals surface area contributed by atoms with E-state index < -0.39 is 0 Å². The molecule has 0 N–H and O–H groups in total. The summed E-state index contributed by atoms with van der Waals surface area (Å²) in [7, 11) is 0. The lowest BCUT2D eigenvalue weighted by molar-refractivity contribution is 0.526. The third kappa shape index (κ3) is 10.1. The number of aromatic nitrogens is 2. The standard InChI is InChI=1S/C27H44N2/c1-3-5-6-7-8-9-10-11-12-13-17-23-29-24-26(28-27(29)4-2)22-18-21-25-19-15-14-16-20-25/h14-16,19-20,24H,3-13,17-18,21-23H2,1-2H3. The first-order valence-corrected chi connectivity index (χ1v) is 12.4. The van der Waals surface area contributed by atoms with E-state index in [0.717, 1.165) is 25.8 Å². The second kappa shape index (κ2) is 15.3. The highest BCUT2D eigenvalue weighted by Gasteiger charge is 2.06. The minimum atomic E-state index is 1.04. The van der Waals surface area contributed by atoms with Crippen molar-refractivity contribution in [1.29, 1.82) is 0 Å². The Kier molecular flexibility index (Phi) is 12.5. The number of hydrogen-bond acceptors (Lipinski definition) is 1. The zero-order chi connectivity index (χ0) is 20.6. The topological polar surface area (TPSA) is 17.8 Å².